The lowest BCUT2D eigenvalue weighted by atomic mass is 10.1. The minimum atomic E-state index is -0.163. The number of hydrogen-bond acceptors (Lipinski definition) is 3. The molecule has 1 aromatic heterocycles. The molecular formula is C12H13FN2S. The Hall–Kier alpha value is -1.26. The Kier molecular flexibility index (Phi) is 3.31. The van der Waals surface area contributed by atoms with Gasteiger partial charge >= 0.3 is 0 Å². The van der Waals surface area contributed by atoms with Crippen LogP contribution in [0.4, 0.5) is 4.39 Å². The fourth-order valence-electron chi connectivity index (χ4n) is 1.47. The molecule has 0 saturated carbocycles. The Morgan fingerprint density at radius 1 is 1.44 bits per heavy atom. The quantitative estimate of drug-likeness (QED) is 0.886. The highest BCUT2D eigenvalue weighted by atomic mass is 32.1. The van der Waals surface area contributed by atoms with Crippen LogP contribution in [0, 0.1) is 12.7 Å². The van der Waals surface area contributed by atoms with Crippen molar-refractivity contribution in [1.29, 1.82) is 0 Å². The summed E-state index contributed by atoms with van der Waals surface area (Å²) in [4.78, 5) is 5.37. The maximum Gasteiger partial charge on any atom is 0.126 e. The van der Waals surface area contributed by atoms with Crippen LogP contribution < -0.4 is 5.32 Å². The van der Waals surface area contributed by atoms with Gasteiger partial charge in [-0.15, -0.1) is 11.3 Å². The van der Waals surface area contributed by atoms with Gasteiger partial charge in [0.15, 0.2) is 0 Å². The maximum atomic E-state index is 13.1. The summed E-state index contributed by atoms with van der Waals surface area (Å²) >= 11 is 1.63. The first kappa shape index (κ1) is 11.2. The fraction of sp³-hybridized carbons (Fsp3) is 0.250. The lowest BCUT2D eigenvalue weighted by Crippen LogP contribution is -2.03. The van der Waals surface area contributed by atoms with Crippen LogP contribution in [0.1, 0.15) is 10.6 Å². The summed E-state index contributed by atoms with van der Waals surface area (Å²) in [5, 5.41) is 4.10. The molecule has 0 saturated heterocycles. The van der Waals surface area contributed by atoms with E-state index in [1.165, 1.54) is 6.07 Å². The van der Waals surface area contributed by atoms with E-state index in [4.69, 9.17) is 0 Å². The van der Waals surface area contributed by atoms with Gasteiger partial charge in [-0.3, -0.25) is 0 Å². The Labute approximate surface area is 98.2 Å². The number of hydrogen-bond donors (Lipinski definition) is 1. The van der Waals surface area contributed by atoms with Crippen LogP contribution in [0.25, 0.3) is 10.4 Å². The first-order valence-corrected chi connectivity index (χ1v) is 5.88. The maximum absolute atomic E-state index is 13.1. The van der Waals surface area contributed by atoms with Crippen molar-refractivity contribution in [1.82, 2.24) is 10.3 Å². The van der Waals surface area contributed by atoms with Crippen LogP contribution >= 0.6 is 11.3 Å². The lowest BCUT2D eigenvalue weighted by molar-refractivity contribution is 0.619. The Bertz CT molecular complexity index is 494. The molecule has 0 radical (unpaired) electrons. The van der Waals surface area contributed by atoms with Crippen LogP contribution in [0.3, 0.4) is 0 Å². The van der Waals surface area contributed by atoms with Crippen molar-refractivity contribution < 1.29 is 4.39 Å². The number of aryl methyl sites for hydroxylation is 1. The van der Waals surface area contributed by atoms with Crippen molar-refractivity contribution in [3.05, 3.63) is 40.8 Å². The molecule has 2 rings (SSSR count). The van der Waals surface area contributed by atoms with Gasteiger partial charge in [-0.05, 0) is 37.2 Å². The molecule has 4 heteroatoms. The Morgan fingerprint density at radius 2 is 2.25 bits per heavy atom. The molecule has 0 fully saturated rings. The van der Waals surface area contributed by atoms with Crippen molar-refractivity contribution in [3.63, 3.8) is 0 Å². The molecule has 0 atom stereocenters. The molecule has 2 nitrogen and oxygen atoms in total. The molecule has 0 aliphatic heterocycles. The van der Waals surface area contributed by atoms with Crippen LogP contribution in [0.15, 0.2) is 24.4 Å². The predicted molar refractivity (Wildman–Crippen MR) is 65.0 cm³/mol. The summed E-state index contributed by atoms with van der Waals surface area (Å²) in [6, 6.07) is 5.15. The SMILES string of the molecule is CNCc1ncc(-c2ccc(F)c(C)c2)s1. The van der Waals surface area contributed by atoms with Crippen LogP contribution in [0.2, 0.25) is 0 Å². The average molecular weight is 236 g/mol. The standard InChI is InChI=1S/C12H13FN2S/c1-8-5-9(3-4-10(8)13)11-6-15-12(16-11)7-14-2/h3-6,14H,7H2,1-2H3. The van der Waals surface area contributed by atoms with E-state index in [9.17, 15) is 4.39 Å². The second-order valence-electron chi connectivity index (χ2n) is 3.61. The largest absolute Gasteiger partial charge is 0.314 e. The second kappa shape index (κ2) is 4.72. The Balaban J connectivity index is 2.31. The van der Waals surface area contributed by atoms with Crippen molar-refractivity contribution in [2.75, 3.05) is 7.05 Å². The van der Waals surface area contributed by atoms with Crippen LogP contribution in [-0.4, -0.2) is 12.0 Å². The Morgan fingerprint density at radius 3 is 2.94 bits per heavy atom. The van der Waals surface area contributed by atoms with Gasteiger partial charge in [-0.2, -0.15) is 0 Å². The third-order valence-corrected chi connectivity index (χ3v) is 3.37. The summed E-state index contributed by atoms with van der Waals surface area (Å²) in [5.41, 5.74) is 1.69. The summed E-state index contributed by atoms with van der Waals surface area (Å²) in [7, 11) is 1.89. The molecule has 16 heavy (non-hydrogen) atoms. The first-order valence-electron chi connectivity index (χ1n) is 5.06. The van der Waals surface area contributed by atoms with E-state index in [-0.39, 0.29) is 5.82 Å². The first-order chi connectivity index (χ1) is 7.70. The zero-order valence-electron chi connectivity index (χ0n) is 9.25. The van der Waals surface area contributed by atoms with E-state index in [1.54, 1.807) is 24.3 Å². The van der Waals surface area contributed by atoms with Gasteiger partial charge in [-0.25, -0.2) is 9.37 Å². The van der Waals surface area contributed by atoms with Gasteiger partial charge in [0, 0.05) is 12.7 Å². The molecule has 1 aromatic carbocycles. The highest BCUT2D eigenvalue weighted by Crippen LogP contribution is 2.27. The van der Waals surface area contributed by atoms with Crippen molar-refractivity contribution in [3.8, 4) is 10.4 Å². The van der Waals surface area contributed by atoms with E-state index in [0.717, 1.165) is 22.0 Å². The van der Waals surface area contributed by atoms with Crippen molar-refractivity contribution in [2.24, 2.45) is 0 Å². The smallest absolute Gasteiger partial charge is 0.126 e. The van der Waals surface area contributed by atoms with E-state index < -0.39 is 0 Å². The molecular weight excluding hydrogens is 223 g/mol. The number of aromatic nitrogens is 1. The van der Waals surface area contributed by atoms with E-state index in [2.05, 4.69) is 10.3 Å². The fourth-order valence-corrected chi connectivity index (χ4v) is 2.40. The van der Waals surface area contributed by atoms with E-state index in [1.807, 2.05) is 19.3 Å². The normalized spacial score (nSPS) is 10.7. The highest BCUT2D eigenvalue weighted by molar-refractivity contribution is 7.15. The minimum absolute atomic E-state index is 0.163. The predicted octanol–water partition coefficient (Wildman–Crippen LogP) is 2.98. The number of benzene rings is 1. The van der Waals surface area contributed by atoms with Gasteiger partial charge in [0.2, 0.25) is 0 Å². The second-order valence-corrected chi connectivity index (χ2v) is 4.73. The molecule has 1 heterocycles. The van der Waals surface area contributed by atoms with Gasteiger partial charge in [0.25, 0.3) is 0 Å². The molecule has 0 aliphatic rings. The summed E-state index contributed by atoms with van der Waals surface area (Å²) in [5.74, 6) is -0.163. The monoisotopic (exact) mass is 236 g/mol. The zero-order valence-corrected chi connectivity index (χ0v) is 10.1. The summed E-state index contributed by atoms with van der Waals surface area (Å²) in [6.45, 7) is 2.54. The zero-order chi connectivity index (χ0) is 11.5. The third-order valence-electron chi connectivity index (χ3n) is 2.32. The van der Waals surface area contributed by atoms with Gasteiger partial charge in [-0.1, -0.05) is 6.07 Å². The lowest BCUT2D eigenvalue weighted by Gasteiger charge is -1.99. The third kappa shape index (κ3) is 2.28. The van der Waals surface area contributed by atoms with Gasteiger partial charge in [0.1, 0.15) is 10.8 Å². The number of halogens is 1. The van der Waals surface area contributed by atoms with E-state index >= 15 is 0 Å². The molecule has 2 aromatic rings. The summed E-state index contributed by atoms with van der Waals surface area (Å²) in [6.07, 6.45) is 1.84. The number of thiazole rings is 1. The highest BCUT2D eigenvalue weighted by Gasteiger charge is 2.05. The molecule has 0 spiro atoms. The molecule has 0 bridgehead atoms. The number of nitrogens with one attached hydrogen (secondary N) is 1. The number of rotatable bonds is 3. The molecule has 1 N–H and O–H groups in total. The molecule has 0 aliphatic carbocycles. The summed E-state index contributed by atoms with van der Waals surface area (Å²) < 4.78 is 13.1. The van der Waals surface area contributed by atoms with Gasteiger partial charge < -0.3 is 5.32 Å². The van der Waals surface area contributed by atoms with Gasteiger partial charge in [0.05, 0.1) is 4.88 Å². The molecule has 0 unspecified atom stereocenters. The topological polar surface area (TPSA) is 24.9 Å². The van der Waals surface area contributed by atoms with Crippen LogP contribution in [0.5, 0.6) is 0 Å². The average Bonchev–Trinajstić information content (AvgIpc) is 2.71. The number of nitrogens with zero attached hydrogens (tertiary/aromatic N) is 1. The van der Waals surface area contributed by atoms with Crippen LogP contribution in [-0.2, 0) is 6.54 Å². The molecule has 84 valence electrons. The minimum Gasteiger partial charge on any atom is -0.314 e. The van der Waals surface area contributed by atoms with Crippen molar-refractivity contribution >= 4 is 11.3 Å². The molecule has 0 amide bonds. The van der Waals surface area contributed by atoms with E-state index in [0.29, 0.717) is 5.56 Å². The van der Waals surface area contributed by atoms with Crippen molar-refractivity contribution in [2.45, 2.75) is 13.5 Å².